The lowest BCUT2D eigenvalue weighted by molar-refractivity contribution is -0.130. The highest BCUT2D eigenvalue weighted by Gasteiger charge is 2.30. The molecule has 5 nitrogen and oxygen atoms in total. The van der Waals surface area contributed by atoms with E-state index in [1.165, 1.54) is 24.8 Å². The molecule has 28 heavy (non-hydrogen) atoms. The number of fused-ring (bicyclic) bond motifs is 1. The van der Waals surface area contributed by atoms with Crippen LogP contribution >= 0.6 is 0 Å². The maximum atomic E-state index is 12.6. The first-order valence-electron chi connectivity index (χ1n) is 10.1. The van der Waals surface area contributed by atoms with E-state index in [4.69, 9.17) is 4.74 Å². The van der Waals surface area contributed by atoms with E-state index >= 15 is 0 Å². The predicted molar refractivity (Wildman–Crippen MR) is 107 cm³/mol. The summed E-state index contributed by atoms with van der Waals surface area (Å²) < 4.78 is 5.36. The van der Waals surface area contributed by atoms with Crippen molar-refractivity contribution in [2.45, 2.75) is 44.9 Å². The number of hydrogen-bond acceptors (Lipinski definition) is 4. The molecule has 2 heterocycles. The number of rotatable bonds is 5. The second-order valence-electron chi connectivity index (χ2n) is 7.58. The van der Waals surface area contributed by atoms with Gasteiger partial charge >= 0.3 is 5.97 Å². The van der Waals surface area contributed by atoms with Crippen molar-refractivity contribution in [3.63, 3.8) is 0 Å². The molecule has 2 aliphatic rings. The Kier molecular flexibility index (Phi) is 5.72. The van der Waals surface area contributed by atoms with Crippen molar-refractivity contribution in [2.24, 2.45) is 0 Å². The molecule has 1 fully saturated rings. The van der Waals surface area contributed by atoms with Crippen LogP contribution in [-0.4, -0.2) is 36.0 Å². The number of cyclic esters (lactones) is 1. The van der Waals surface area contributed by atoms with Gasteiger partial charge in [-0.25, -0.2) is 4.79 Å². The van der Waals surface area contributed by atoms with Gasteiger partial charge in [0.1, 0.15) is 0 Å². The molecule has 1 unspecified atom stereocenters. The van der Waals surface area contributed by atoms with Gasteiger partial charge < -0.3 is 10.1 Å². The van der Waals surface area contributed by atoms with Crippen molar-refractivity contribution in [3.05, 3.63) is 70.8 Å². The van der Waals surface area contributed by atoms with Crippen LogP contribution < -0.4 is 5.32 Å². The highest BCUT2D eigenvalue weighted by Crippen LogP contribution is 2.21. The van der Waals surface area contributed by atoms with Crippen LogP contribution in [0.2, 0.25) is 0 Å². The summed E-state index contributed by atoms with van der Waals surface area (Å²) in [5.74, 6) is -0.664. The first-order valence-corrected chi connectivity index (χ1v) is 10.1. The number of nitrogens with one attached hydrogen (secondary N) is 1. The summed E-state index contributed by atoms with van der Waals surface area (Å²) in [5.41, 5.74) is 3.78. The smallest absolute Gasteiger partial charge is 0.339 e. The molecule has 2 aromatic rings. The Labute approximate surface area is 165 Å². The molecular weight excluding hydrogens is 352 g/mol. The largest absolute Gasteiger partial charge is 0.448 e. The van der Waals surface area contributed by atoms with Gasteiger partial charge in [0.15, 0.2) is 6.10 Å². The van der Waals surface area contributed by atoms with E-state index in [1.54, 1.807) is 12.1 Å². The summed E-state index contributed by atoms with van der Waals surface area (Å²) in [6.45, 7) is 3.63. The van der Waals surface area contributed by atoms with Crippen molar-refractivity contribution >= 4 is 11.9 Å². The summed E-state index contributed by atoms with van der Waals surface area (Å²) in [6.07, 6.45) is 3.48. The number of amides is 1. The number of likely N-dealkylation sites (tertiary alicyclic amines) is 1. The summed E-state index contributed by atoms with van der Waals surface area (Å²) in [4.78, 5) is 27.2. The first kappa shape index (κ1) is 18.7. The molecule has 146 valence electrons. The lowest BCUT2D eigenvalue weighted by Gasteiger charge is -2.27. The van der Waals surface area contributed by atoms with Crippen molar-refractivity contribution in [1.82, 2.24) is 10.2 Å². The highest BCUT2D eigenvalue weighted by atomic mass is 16.5. The Balaban J connectivity index is 1.38. The van der Waals surface area contributed by atoms with Crippen LogP contribution in [0, 0.1) is 0 Å². The molecule has 1 saturated heterocycles. The van der Waals surface area contributed by atoms with Crippen molar-refractivity contribution in [1.29, 1.82) is 0 Å². The monoisotopic (exact) mass is 378 g/mol. The average molecular weight is 378 g/mol. The van der Waals surface area contributed by atoms with E-state index in [1.807, 2.05) is 24.3 Å². The summed E-state index contributed by atoms with van der Waals surface area (Å²) in [5, 5.41) is 2.96. The second kappa shape index (κ2) is 8.57. The minimum absolute atomic E-state index is 0.240. The van der Waals surface area contributed by atoms with Gasteiger partial charge in [0.25, 0.3) is 5.91 Å². The van der Waals surface area contributed by atoms with Crippen LogP contribution in [0.25, 0.3) is 0 Å². The molecule has 5 heteroatoms. The van der Waals surface area contributed by atoms with Gasteiger partial charge in [0.05, 0.1) is 5.56 Å². The lowest BCUT2D eigenvalue weighted by Crippen LogP contribution is -2.41. The fraction of sp³-hybridized carbons (Fsp3) is 0.391. The normalized spacial score (nSPS) is 19.6. The van der Waals surface area contributed by atoms with Crippen molar-refractivity contribution < 1.29 is 14.3 Å². The molecule has 1 amide bonds. The quantitative estimate of drug-likeness (QED) is 0.813. The maximum Gasteiger partial charge on any atom is 0.339 e. The molecule has 1 atom stereocenters. The zero-order chi connectivity index (χ0) is 19.3. The average Bonchev–Trinajstić information content (AvgIpc) is 2.73. The van der Waals surface area contributed by atoms with E-state index in [2.05, 4.69) is 22.3 Å². The number of carbonyl (C=O) groups is 2. The predicted octanol–water partition coefficient (Wildman–Crippen LogP) is 3.07. The molecule has 4 rings (SSSR count). The number of nitrogens with zero attached hydrogens (tertiary/aromatic N) is 1. The number of benzene rings is 2. The van der Waals surface area contributed by atoms with E-state index in [-0.39, 0.29) is 5.91 Å². The molecule has 1 N–H and O–H groups in total. The molecular formula is C23H26N2O3. The number of carbonyl (C=O) groups excluding carboxylic acids is 2. The standard InChI is InChI=1S/C23H26N2O3/c26-22(21-14-17-8-4-5-11-20(17)23(27)28-21)24-15-18-9-2-3-10-19(18)16-25-12-6-1-7-13-25/h2-5,8-11,21H,1,6-7,12-16H2,(H,24,26). The Hall–Kier alpha value is -2.66. The number of esters is 1. The third kappa shape index (κ3) is 4.25. The van der Waals surface area contributed by atoms with Gasteiger partial charge in [0, 0.05) is 19.5 Å². The van der Waals surface area contributed by atoms with E-state index in [0.717, 1.165) is 30.8 Å². The van der Waals surface area contributed by atoms with Gasteiger partial charge in [0.2, 0.25) is 0 Å². The van der Waals surface area contributed by atoms with Gasteiger partial charge in [-0.3, -0.25) is 9.69 Å². The van der Waals surface area contributed by atoms with Crippen molar-refractivity contribution in [3.8, 4) is 0 Å². The molecule has 2 aliphatic heterocycles. The van der Waals surface area contributed by atoms with Crippen molar-refractivity contribution in [2.75, 3.05) is 13.1 Å². The minimum atomic E-state index is -0.767. The van der Waals surface area contributed by atoms with E-state index < -0.39 is 12.1 Å². The van der Waals surface area contributed by atoms with Gasteiger partial charge in [-0.15, -0.1) is 0 Å². The molecule has 0 radical (unpaired) electrons. The third-order valence-electron chi connectivity index (χ3n) is 5.60. The SMILES string of the molecule is O=C1OC(C(=O)NCc2ccccc2CN2CCCCC2)Cc2ccccc21. The van der Waals surface area contributed by atoms with Crippen LogP contribution in [0.15, 0.2) is 48.5 Å². The number of ether oxygens (including phenoxy) is 1. The minimum Gasteiger partial charge on any atom is -0.448 e. The molecule has 0 saturated carbocycles. The van der Waals surface area contributed by atoms with Crippen LogP contribution in [0.3, 0.4) is 0 Å². The van der Waals surface area contributed by atoms with E-state index in [9.17, 15) is 9.59 Å². The Morgan fingerprint density at radius 2 is 1.71 bits per heavy atom. The topological polar surface area (TPSA) is 58.6 Å². The van der Waals surface area contributed by atoms with Gasteiger partial charge in [-0.05, 0) is 48.7 Å². The van der Waals surface area contributed by atoms with Crippen LogP contribution in [0.5, 0.6) is 0 Å². The van der Waals surface area contributed by atoms with Crippen LogP contribution in [-0.2, 0) is 29.0 Å². The fourth-order valence-electron chi connectivity index (χ4n) is 4.02. The fourth-order valence-corrected chi connectivity index (χ4v) is 4.02. The maximum absolute atomic E-state index is 12.6. The number of piperidine rings is 1. The van der Waals surface area contributed by atoms with Crippen LogP contribution in [0.1, 0.15) is 46.3 Å². The summed E-state index contributed by atoms with van der Waals surface area (Å²) in [7, 11) is 0. The molecule has 0 spiro atoms. The second-order valence-corrected chi connectivity index (χ2v) is 7.58. The van der Waals surface area contributed by atoms with Crippen LogP contribution in [0.4, 0.5) is 0 Å². The highest BCUT2D eigenvalue weighted by molar-refractivity contribution is 5.95. The molecule has 0 aromatic heterocycles. The molecule has 2 aromatic carbocycles. The number of hydrogen-bond donors (Lipinski definition) is 1. The first-order chi connectivity index (χ1) is 13.7. The lowest BCUT2D eigenvalue weighted by atomic mass is 9.98. The third-order valence-corrected chi connectivity index (χ3v) is 5.60. The Bertz CT molecular complexity index is 858. The Morgan fingerprint density at radius 3 is 2.54 bits per heavy atom. The van der Waals surface area contributed by atoms with Gasteiger partial charge in [-0.1, -0.05) is 48.9 Å². The zero-order valence-corrected chi connectivity index (χ0v) is 16.0. The molecule has 0 bridgehead atoms. The molecule has 0 aliphatic carbocycles. The zero-order valence-electron chi connectivity index (χ0n) is 16.0. The van der Waals surface area contributed by atoms with Gasteiger partial charge in [-0.2, -0.15) is 0 Å². The van der Waals surface area contributed by atoms with E-state index in [0.29, 0.717) is 18.5 Å². The summed E-state index contributed by atoms with van der Waals surface area (Å²) >= 11 is 0. The Morgan fingerprint density at radius 1 is 1.00 bits per heavy atom. The summed E-state index contributed by atoms with van der Waals surface area (Å²) in [6, 6.07) is 15.5.